The van der Waals surface area contributed by atoms with E-state index in [0.29, 0.717) is 6.54 Å². The quantitative estimate of drug-likeness (QED) is 0.770. The first-order valence-electron chi connectivity index (χ1n) is 7.06. The molecule has 0 saturated carbocycles. The van der Waals surface area contributed by atoms with Crippen molar-refractivity contribution in [3.05, 3.63) is 23.9 Å². The zero-order chi connectivity index (χ0) is 15.2. The molecule has 1 rings (SSSR count). The van der Waals surface area contributed by atoms with Crippen LogP contribution in [0.3, 0.4) is 0 Å². The Kier molecular flexibility index (Phi) is 6.10. The van der Waals surface area contributed by atoms with Crippen molar-refractivity contribution in [2.45, 2.75) is 57.1 Å². The van der Waals surface area contributed by atoms with Gasteiger partial charge in [0.1, 0.15) is 0 Å². The van der Waals surface area contributed by atoms with E-state index < -0.39 is 10.0 Å². The number of rotatable bonds is 8. The molecule has 0 aromatic carbocycles. The van der Waals surface area contributed by atoms with Crippen LogP contribution in [0.1, 0.15) is 45.6 Å². The van der Waals surface area contributed by atoms with E-state index >= 15 is 0 Å². The molecule has 1 aromatic heterocycles. The van der Waals surface area contributed by atoms with Crippen molar-refractivity contribution in [1.29, 1.82) is 0 Å². The first-order chi connectivity index (χ1) is 9.43. The minimum Gasteiger partial charge on any atom is -0.316 e. The summed E-state index contributed by atoms with van der Waals surface area (Å²) < 4.78 is 27.6. The highest BCUT2D eigenvalue weighted by Crippen LogP contribution is 2.22. The van der Waals surface area contributed by atoms with Crippen molar-refractivity contribution in [1.82, 2.24) is 15.0 Å². The number of hydrogen-bond acceptors (Lipinski definition) is 4. The Bertz CT molecular complexity index is 499. The van der Waals surface area contributed by atoms with Gasteiger partial charge >= 0.3 is 0 Å². The normalized spacial score (nSPS) is 12.6. The van der Waals surface area contributed by atoms with Gasteiger partial charge in [0, 0.05) is 18.3 Å². The Hall–Kier alpha value is -0.980. The van der Waals surface area contributed by atoms with Crippen molar-refractivity contribution < 1.29 is 8.42 Å². The first-order valence-corrected chi connectivity index (χ1v) is 8.54. The van der Waals surface area contributed by atoms with Crippen LogP contribution >= 0.6 is 0 Å². The first kappa shape index (κ1) is 17.1. The van der Waals surface area contributed by atoms with E-state index in [0.717, 1.165) is 24.8 Å². The zero-order valence-electron chi connectivity index (χ0n) is 12.7. The van der Waals surface area contributed by atoms with Gasteiger partial charge in [-0.25, -0.2) is 18.1 Å². The zero-order valence-corrected chi connectivity index (χ0v) is 13.5. The maximum Gasteiger partial charge on any atom is 0.258 e. The lowest BCUT2D eigenvalue weighted by atomic mass is 9.91. The highest BCUT2D eigenvalue weighted by molar-refractivity contribution is 7.89. The largest absolute Gasteiger partial charge is 0.316 e. The molecule has 0 radical (unpaired) electrons. The molecule has 0 unspecified atom stereocenters. The van der Waals surface area contributed by atoms with E-state index in [1.54, 1.807) is 18.3 Å². The molecular weight excluding hydrogens is 274 g/mol. The summed E-state index contributed by atoms with van der Waals surface area (Å²) >= 11 is 0. The van der Waals surface area contributed by atoms with Crippen molar-refractivity contribution in [2.24, 2.45) is 0 Å². The molecule has 0 aliphatic carbocycles. The maximum atomic E-state index is 12.4. The van der Waals surface area contributed by atoms with E-state index in [9.17, 15) is 8.42 Å². The lowest BCUT2D eigenvalue weighted by Gasteiger charge is -2.31. The van der Waals surface area contributed by atoms with E-state index in [2.05, 4.69) is 15.0 Å². The number of nitrogens with one attached hydrogen (secondary N) is 2. The fourth-order valence-corrected chi connectivity index (χ4v) is 3.73. The highest BCUT2D eigenvalue weighted by atomic mass is 32.2. The van der Waals surface area contributed by atoms with Crippen LogP contribution in [0.15, 0.2) is 23.4 Å². The van der Waals surface area contributed by atoms with Gasteiger partial charge in [0.05, 0.1) is 0 Å². The fraction of sp³-hybridized carbons (Fsp3) is 0.643. The molecule has 0 aliphatic rings. The molecule has 0 aliphatic heterocycles. The molecule has 0 saturated heterocycles. The topological polar surface area (TPSA) is 71.1 Å². The second-order valence-electron chi connectivity index (χ2n) is 4.98. The van der Waals surface area contributed by atoms with Crippen LogP contribution in [0.5, 0.6) is 0 Å². The SMILES string of the molecule is CCC(CC)(CC)NS(=O)(=O)c1ccc(CNC)cn1. The standard InChI is InChI=1S/C14H25N3O2S/c1-5-14(6-2,7-3)17-20(18,19)13-9-8-12(10-15-4)11-16-13/h8-9,11,15,17H,5-7,10H2,1-4H3. The number of nitrogens with zero attached hydrogens (tertiary/aromatic N) is 1. The molecule has 0 fully saturated rings. The second-order valence-corrected chi connectivity index (χ2v) is 6.61. The summed E-state index contributed by atoms with van der Waals surface area (Å²) in [6, 6.07) is 3.34. The summed E-state index contributed by atoms with van der Waals surface area (Å²) in [5, 5.41) is 3.08. The molecule has 0 atom stereocenters. The van der Waals surface area contributed by atoms with E-state index in [1.165, 1.54) is 0 Å². The number of aromatic nitrogens is 1. The molecule has 5 nitrogen and oxygen atoms in total. The third-order valence-corrected chi connectivity index (χ3v) is 5.33. The summed E-state index contributed by atoms with van der Waals surface area (Å²) in [6.45, 7) is 6.67. The van der Waals surface area contributed by atoms with Crippen LogP contribution in [0.2, 0.25) is 0 Å². The summed E-state index contributed by atoms with van der Waals surface area (Å²) in [5.74, 6) is 0. The average Bonchev–Trinajstić information content (AvgIpc) is 2.46. The molecule has 1 heterocycles. The lowest BCUT2D eigenvalue weighted by Crippen LogP contribution is -2.47. The van der Waals surface area contributed by atoms with Crippen molar-refractivity contribution in [2.75, 3.05) is 7.05 Å². The van der Waals surface area contributed by atoms with Gasteiger partial charge in [0.25, 0.3) is 10.0 Å². The Labute approximate surface area is 122 Å². The second kappa shape index (κ2) is 7.15. The fourth-order valence-electron chi connectivity index (χ4n) is 2.18. The van der Waals surface area contributed by atoms with Gasteiger partial charge in [-0.1, -0.05) is 26.8 Å². The average molecular weight is 299 g/mol. The van der Waals surface area contributed by atoms with Crippen LogP contribution < -0.4 is 10.0 Å². The minimum atomic E-state index is -3.57. The van der Waals surface area contributed by atoms with Gasteiger partial charge in [0.15, 0.2) is 5.03 Å². The summed E-state index contributed by atoms with van der Waals surface area (Å²) in [6.07, 6.45) is 3.88. The predicted molar refractivity (Wildman–Crippen MR) is 80.9 cm³/mol. The molecule has 0 bridgehead atoms. The van der Waals surface area contributed by atoms with Gasteiger partial charge in [-0.3, -0.25) is 0 Å². The number of sulfonamides is 1. The molecule has 1 aromatic rings. The molecule has 114 valence electrons. The van der Waals surface area contributed by atoms with Gasteiger partial charge in [-0.15, -0.1) is 0 Å². The Morgan fingerprint density at radius 2 is 1.75 bits per heavy atom. The third-order valence-electron chi connectivity index (χ3n) is 3.84. The Morgan fingerprint density at radius 3 is 2.15 bits per heavy atom. The number of hydrogen-bond donors (Lipinski definition) is 2. The van der Waals surface area contributed by atoms with Gasteiger partial charge < -0.3 is 5.32 Å². The van der Waals surface area contributed by atoms with Crippen LogP contribution in [0, 0.1) is 0 Å². The molecule has 20 heavy (non-hydrogen) atoms. The molecule has 0 spiro atoms. The molecule has 0 amide bonds. The van der Waals surface area contributed by atoms with Gasteiger partial charge in [-0.05, 0) is 37.9 Å². The van der Waals surface area contributed by atoms with Crippen molar-refractivity contribution in [3.63, 3.8) is 0 Å². The molecule has 6 heteroatoms. The third kappa shape index (κ3) is 4.01. The van der Waals surface area contributed by atoms with E-state index in [4.69, 9.17) is 0 Å². The molecule has 2 N–H and O–H groups in total. The Morgan fingerprint density at radius 1 is 1.15 bits per heavy atom. The minimum absolute atomic E-state index is 0.0806. The van der Waals surface area contributed by atoms with Gasteiger partial charge in [0.2, 0.25) is 0 Å². The van der Waals surface area contributed by atoms with Gasteiger partial charge in [-0.2, -0.15) is 0 Å². The molecular formula is C14H25N3O2S. The van der Waals surface area contributed by atoms with Crippen molar-refractivity contribution in [3.8, 4) is 0 Å². The van der Waals surface area contributed by atoms with Crippen LogP contribution in [0.4, 0.5) is 0 Å². The summed E-state index contributed by atoms with van der Waals surface area (Å²) in [5.41, 5.74) is 0.573. The van der Waals surface area contributed by atoms with Crippen LogP contribution in [-0.2, 0) is 16.6 Å². The van der Waals surface area contributed by atoms with Crippen LogP contribution in [0.25, 0.3) is 0 Å². The van der Waals surface area contributed by atoms with Crippen LogP contribution in [-0.4, -0.2) is 26.0 Å². The summed E-state index contributed by atoms with van der Waals surface area (Å²) in [4.78, 5) is 4.07. The van der Waals surface area contributed by atoms with E-state index in [-0.39, 0.29) is 10.6 Å². The Balaban J connectivity index is 2.98. The lowest BCUT2D eigenvalue weighted by molar-refractivity contribution is 0.341. The maximum absolute atomic E-state index is 12.4. The smallest absolute Gasteiger partial charge is 0.258 e. The van der Waals surface area contributed by atoms with Crippen molar-refractivity contribution >= 4 is 10.0 Å². The van der Waals surface area contributed by atoms with E-state index in [1.807, 2.05) is 27.8 Å². The number of pyridine rings is 1. The predicted octanol–water partition coefficient (Wildman–Crippen LogP) is 2.05. The summed E-state index contributed by atoms with van der Waals surface area (Å²) in [7, 11) is -1.73. The highest BCUT2D eigenvalue weighted by Gasteiger charge is 2.30. The monoisotopic (exact) mass is 299 g/mol.